The van der Waals surface area contributed by atoms with Crippen molar-refractivity contribution in [3.05, 3.63) is 60.4 Å². The first-order valence-corrected chi connectivity index (χ1v) is 10.3. The van der Waals surface area contributed by atoms with Crippen molar-refractivity contribution in [3.63, 3.8) is 0 Å². The van der Waals surface area contributed by atoms with Crippen molar-refractivity contribution in [2.24, 2.45) is 0 Å². The van der Waals surface area contributed by atoms with E-state index in [-0.39, 0.29) is 18.2 Å². The molecule has 0 bridgehead atoms. The van der Waals surface area contributed by atoms with Gasteiger partial charge in [0.1, 0.15) is 18.1 Å². The number of aromatic nitrogens is 1. The Bertz CT molecular complexity index is 888. The van der Waals surface area contributed by atoms with Crippen LogP contribution in [0.3, 0.4) is 0 Å². The van der Waals surface area contributed by atoms with E-state index in [4.69, 9.17) is 9.47 Å². The van der Waals surface area contributed by atoms with E-state index in [0.717, 1.165) is 11.3 Å². The molecule has 1 fully saturated rings. The zero-order valence-electron chi connectivity index (χ0n) is 17.6. The zero-order chi connectivity index (χ0) is 21.9. The molecule has 1 aromatic carbocycles. The van der Waals surface area contributed by atoms with Crippen LogP contribution in [0.25, 0.3) is 6.08 Å². The third-order valence-electron chi connectivity index (χ3n) is 4.92. The smallest absolute Gasteiger partial charge is 0.237 e. The maximum atomic E-state index is 12.4. The number of piperazine rings is 1. The predicted octanol–water partition coefficient (Wildman–Crippen LogP) is 1.49. The second-order valence-electron chi connectivity index (χ2n) is 7.04. The number of carbonyl (C=O) groups is 2. The van der Waals surface area contributed by atoms with Crippen LogP contribution in [0.1, 0.15) is 12.0 Å². The number of rotatable bonds is 10. The summed E-state index contributed by atoms with van der Waals surface area (Å²) in [6, 6.07) is 10.8. The summed E-state index contributed by atoms with van der Waals surface area (Å²) >= 11 is 0. The predicted molar refractivity (Wildman–Crippen MR) is 118 cm³/mol. The van der Waals surface area contributed by atoms with E-state index in [1.165, 1.54) is 0 Å². The van der Waals surface area contributed by atoms with Gasteiger partial charge < -0.3 is 20.1 Å². The van der Waals surface area contributed by atoms with Crippen LogP contribution >= 0.6 is 0 Å². The number of carbonyl (C=O) groups excluding carboxylic acids is 2. The van der Waals surface area contributed by atoms with Crippen LogP contribution in [0.15, 0.2) is 54.9 Å². The van der Waals surface area contributed by atoms with E-state index in [1.54, 1.807) is 31.6 Å². The fraction of sp³-hybridized carbons (Fsp3) is 0.348. The Morgan fingerprint density at radius 2 is 2.19 bits per heavy atom. The van der Waals surface area contributed by atoms with Crippen LogP contribution in [0.4, 0.5) is 0 Å². The monoisotopic (exact) mass is 424 g/mol. The molecule has 2 N–H and O–H groups in total. The van der Waals surface area contributed by atoms with Gasteiger partial charge >= 0.3 is 0 Å². The molecule has 2 heterocycles. The minimum atomic E-state index is -0.504. The quantitative estimate of drug-likeness (QED) is 0.562. The van der Waals surface area contributed by atoms with Gasteiger partial charge in [-0.25, -0.2) is 0 Å². The van der Waals surface area contributed by atoms with Crippen LogP contribution < -0.4 is 20.1 Å². The summed E-state index contributed by atoms with van der Waals surface area (Å²) in [5.74, 6) is 1.13. The van der Waals surface area contributed by atoms with Gasteiger partial charge in [0.15, 0.2) is 0 Å². The molecule has 1 saturated heterocycles. The highest BCUT2D eigenvalue weighted by atomic mass is 16.5. The van der Waals surface area contributed by atoms with Gasteiger partial charge in [-0.2, -0.15) is 0 Å². The Hall–Kier alpha value is -3.39. The number of nitrogens with one attached hydrogen (secondary N) is 2. The van der Waals surface area contributed by atoms with Gasteiger partial charge in [0.25, 0.3) is 0 Å². The molecule has 1 aliphatic heterocycles. The highest BCUT2D eigenvalue weighted by Crippen LogP contribution is 2.19. The Morgan fingerprint density at radius 1 is 1.32 bits per heavy atom. The number of nitrogens with zero attached hydrogens (tertiary/aromatic N) is 2. The molecule has 8 nitrogen and oxygen atoms in total. The van der Waals surface area contributed by atoms with Gasteiger partial charge in [0, 0.05) is 31.4 Å². The molecule has 8 heteroatoms. The number of pyridine rings is 1. The molecule has 1 aromatic heterocycles. The number of hydrogen-bond donors (Lipinski definition) is 2. The van der Waals surface area contributed by atoms with E-state index >= 15 is 0 Å². The van der Waals surface area contributed by atoms with Crippen molar-refractivity contribution in [1.82, 2.24) is 20.5 Å². The topological polar surface area (TPSA) is 92.8 Å². The average Bonchev–Trinajstić information content (AvgIpc) is 2.80. The van der Waals surface area contributed by atoms with Gasteiger partial charge in [-0.1, -0.05) is 30.4 Å². The molecule has 2 amide bonds. The number of hydrogen-bond acceptors (Lipinski definition) is 6. The normalized spacial score (nSPS) is 16.7. The third kappa shape index (κ3) is 6.82. The van der Waals surface area contributed by atoms with Gasteiger partial charge in [-0.15, -0.1) is 0 Å². The summed E-state index contributed by atoms with van der Waals surface area (Å²) in [4.78, 5) is 30.7. The summed E-state index contributed by atoms with van der Waals surface area (Å²) < 4.78 is 10.9. The fourth-order valence-corrected chi connectivity index (χ4v) is 3.36. The molecule has 0 radical (unpaired) electrons. The molecule has 1 aliphatic rings. The fourth-order valence-electron chi connectivity index (χ4n) is 3.36. The molecular weight excluding hydrogens is 396 g/mol. The SMILES string of the molecule is COc1ccccc1/C=C/CN1CCNC(=O)C1CC(=O)NCCOc1cccnc1. The second-order valence-corrected chi connectivity index (χ2v) is 7.04. The number of methoxy groups -OCH3 is 1. The van der Waals surface area contributed by atoms with E-state index in [9.17, 15) is 9.59 Å². The summed E-state index contributed by atoms with van der Waals surface area (Å²) in [6.45, 7) is 2.51. The summed E-state index contributed by atoms with van der Waals surface area (Å²) in [6.07, 6.45) is 7.34. The van der Waals surface area contributed by atoms with Crippen LogP contribution in [0, 0.1) is 0 Å². The lowest BCUT2D eigenvalue weighted by Crippen LogP contribution is -2.56. The summed E-state index contributed by atoms with van der Waals surface area (Å²) in [5.41, 5.74) is 0.967. The molecule has 1 atom stereocenters. The van der Waals surface area contributed by atoms with Crippen molar-refractivity contribution < 1.29 is 19.1 Å². The highest BCUT2D eigenvalue weighted by molar-refractivity contribution is 5.88. The number of amides is 2. The van der Waals surface area contributed by atoms with Crippen molar-refractivity contribution in [1.29, 1.82) is 0 Å². The highest BCUT2D eigenvalue weighted by Gasteiger charge is 2.30. The van der Waals surface area contributed by atoms with Gasteiger partial charge in [0.2, 0.25) is 11.8 Å². The van der Waals surface area contributed by atoms with Crippen LogP contribution in [-0.2, 0) is 9.59 Å². The Labute approximate surface area is 182 Å². The Kier molecular flexibility index (Phi) is 8.42. The first kappa shape index (κ1) is 22.3. The largest absolute Gasteiger partial charge is 0.496 e. The van der Waals surface area contributed by atoms with Crippen molar-refractivity contribution in [2.45, 2.75) is 12.5 Å². The maximum Gasteiger partial charge on any atom is 0.237 e. The number of ether oxygens (including phenoxy) is 2. The van der Waals surface area contributed by atoms with Crippen LogP contribution in [0.5, 0.6) is 11.5 Å². The lowest BCUT2D eigenvalue weighted by Gasteiger charge is -2.33. The first-order chi connectivity index (χ1) is 15.2. The van der Waals surface area contributed by atoms with Gasteiger partial charge in [-0.3, -0.25) is 19.5 Å². The maximum absolute atomic E-state index is 12.4. The van der Waals surface area contributed by atoms with Gasteiger partial charge in [-0.05, 0) is 18.2 Å². The van der Waals surface area contributed by atoms with E-state index < -0.39 is 6.04 Å². The third-order valence-corrected chi connectivity index (χ3v) is 4.92. The minimum Gasteiger partial charge on any atom is -0.496 e. The molecule has 31 heavy (non-hydrogen) atoms. The van der Waals surface area contributed by atoms with Crippen molar-refractivity contribution in [3.8, 4) is 11.5 Å². The summed E-state index contributed by atoms with van der Waals surface area (Å²) in [5, 5.41) is 5.66. The molecule has 0 spiro atoms. The second kappa shape index (κ2) is 11.7. The Morgan fingerprint density at radius 3 is 3.00 bits per heavy atom. The van der Waals surface area contributed by atoms with Crippen molar-refractivity contribution in [2.75, 3.05) is 39.9 Å². The van der Waals surface area contributed by atoms with E-state index in [2.05, 4.69) is 15.6 Å². The molecular formula is C23H28N4O4. The average molecular weight is 425 g/mol. The van der Waals surface area contributed by atoms with Crippen LogP contribution in [0.2, 0.25) is 0 Å². The lowest BCUT2D eigenvalue weighted by molar-refractivity contribution is -0.133. The minimum absolute atomic E-state index is 0.0984. The van der Waals surface area contributed by atoms with Crippen molar-refractivity contribution >= 4 is 17.9 Å². The zero-order valence-corrected chi connectivity index (χ0v) is 17.6. The molecule has 3 rings (SSSR count). The molecule has 0 aliphatic carbocycles. The summed E-state index contributed by atoms with van der Waals surface area (Å²) in [7, 11) is 1.64. The number of para-hydroxylation sites is 1. The van der Waals surface area contributed by atoms with E-state index in [1.807, 2.05) is 41.3 Å². The number of benzene rings is 1. The lowest BCUT2D eigenvalue weighted by atomic mass is 10.1. The van der Waals surface area contributed by atoms with Gasteiger partial charge in [0.05, 0.1) is 32.3 Å². The molecule has 2 aromatic rings. The standard InChI is InChI=1S/C23H28N4O4/c1-30-21-9-3-2-6-18(21)7-5-13-27-14-11-26-23(29)20(27)16-22(28)25-12-15-31-19-8-4-10-24-17-19/h2-10,17,20H,11-16H2,1H3,(H,25,28)(H,26,29)/b7-5+. The molecule has 164 valence electrons. The molecule has 1 unspecified atom stereocenters. The van der Waals surface area contributed by atoms with Crippen LogP contribution in [-0.4, -0.2) is 67.6 Å². The Balaban J connectivity index is 1.48. The molecule has 0 saturated carbocycles. The van der Waals surface area contributed by atoms with E-state index in [0.29, 0.717) is 38.5 Å². The first-order valence-electron chi connectivity index (χ1n) is 10.3.